The molecule has 0 radical (unpaired) electrons. The first kappa shape index (κ1) is 16.3. The number of ether oxygens (including phenoxy) is 1. The highest BCUT2D eigenvalue weighted by atomic mass is 16.5. The molecule has 3 aromatic rings. The number of imidazole rings is 1. The second kappa shape index (κ2) is 7.84. The fourth-order valence-corrected chi connectivity index (χ4v) is 2.49. The molecule has 0 bridgehead atoms. The van der Waals surface area contributed by atoms with E-state index in [1.54, 1.807) is 12.5 Å². The van der Waals surface area contributed by atoms with Crippen LogP contribution in [-0.4, -0.2) is 16.2 Å². The van der Waals surface area contributed by atoms with Gasteiger partial charge >= 0.3 is 0 Å². The maximum absolute atomic E-state index is 5.82. The summed E-state index contributed by atoms with van der Waals surface area (Å²) in [6.07, 6.45) is 5.50. The molecule has 24 heavy (non-hydrogen) atoms. The topological polar surface area (TPSA) is 52.2 Å². The summed E-state index contributed by atoms with van der Waals surface area (Å²) >= 11 is 0. The molecule has 1 atom stereocenters. The van der Waals surface area contributed by atoms with Crippen LogP contribution >= 0.6 is 0 Å². The van der Waals surface area contributed by atoms with Crippen LogP contribution in [0.25, 0.3) is 0 Å². The molecule has 5 nitrogen and oxygen atoms in total. The Hall–Kier alpha value is -2.53. The number of aromatic nitrogens is 2. The van der Waals surface area contributed by atoms with Crippen LogP contribution in [0.3, 0.4) is 0 Å². The fourth-order valence-electron chi connectivity index (χ4n) is 2.49. The molecule has 2 heterocycles. The van der Waals surface area contributed by atoms with Crippen LogP contribution in [0, 0.1) is 6.92 Å². The number of hydrogen-bond donors (Lipinski definition) is 1. The van der Waals surface area contributed by atoms with Crippen molar-refractivity contribution in [3.8, 4) is 5.75 Å². The van der Waals surface area contributed by atoms with Gasteiger partial charge in [-0.1, -0.05) is 12.1 Å². The summed E-state index contributed by atoms with van der Waals surface area (Å²) in [6, 6.07) is 12.3. The van der Waals surface area contributed by atoms with Gasteiger partial charge in [0.15, 0.2) is 0 Å². The molecule has 0 amide bonds. The Bertz CT molecular complexity index is 750. The average Bonchev–Trinajstić information content (AvgIpc) is 3.25. The Labute approximate surface area is 142 Å². The third-order valence-electron chi connectivity index (χ3n) is 3.88. The van der Waals surface area contributed by atoms with Crippen LogP contribution in [0.2, 0.25) is 0 Å². The summed E-state index contributed by atoms with van der Waals surface area (Å²) in [6.45, 7) is 6.23. The molecule has 0 saturated carbocycles. The quantitative estimate of drug-likeness (QED) is 0.686. The maximum Gasteiger partial charge on any atom is 0.120 e. The third-order valence-corrected chi connectivity index (χ3v) is 3.88. The van der Waals surface area contributed by atoms with E-state index in [9.17, 15) is 0 Å². The first-order chi connectivity index (χ1) is 11.7. The van der Waals surface area contributed by atoms with Crippen molar-refractivity contribution in [2.45, 2.75) is 33.0 Å². The van der Waals surface area contributed by atoms with E-state index in [4.69, 9.17) is 9.15 Å². The summed E-state index contributed by atoms with van der Waals surface area (Å²) < 4.78 is 13.5. The number of nitrogens with zero attached hydrogens (tertiary/aromatic N) is 2. The molecule has 3 rings (SSSR count). The largest absolute Gasteiger partial charge is 0.492 e. The summed E-state index contributed by atoms with van der Waals surface area (Å²) in [5.74, 6) is 2.78. The molecule has 0 aliphatic rings. The molecule has 1 aromatic carbocycles. The van der Waals surface area contributed by atoms with Crippen molar-refractivity contribution >= 4 is 0 Å². The molecule has 0 saturated heterocycles. The Morgan fingerprint density at radius 3 is 2.96 bits per heavy atom. The van der Waals surface area contributed by atoms with E-state index in [0.29, 0.717) is 6.61 Å². The predicted molar refractivity (Wildman–Crippen MR) is 92.9 cm³/mol. The summed E-state index contributed by atoms with van der Waals surface area (Å²) in [4.78, 5) is 4.02. The highest BCUT2D eigenvalue weighted by Crippen LogP contribution is 2.18. The molecule has 1 N–H and O–H groups in total. The maximum atomic E-state index is 5.82. The van der Waals surface area contributed by atoms with Gasteiger partial charge in [-0.05, 0) is 43.7 Å². The number of benzene rings is 1. The van der Waals surface area contributed by atoms with Gasteiger partial charge in [0, 0.05) is 18.9 Å². The van der Waals surface area contributed by atoms with Gasteiger partial charge in [0.05, 0.1) is 18.9 Å². The zero-order valence-corrected chi connectivity index (χ0v) is 14.1. The molecular formula is C19H23N3O2. The van der Waals surface area contributed by atoms with Crippen molar-refractivity contribution in [3.05, 3.63) is 72.2 Å². The van der Waals surface area contributed by atoms with E-state index in [1.165, 1.54) is 5.56 Å². The number of rotatable bonds is 8. The fraction of sp³-hybridized carbons (Fsp3) is 0.316. The van der Waals surface area contributed by atoms with Gasteiger partial charge in [0.1, 0.15) is 23.9 Å². The highest BCUT2D eigenvalue weighted by Gasteiger charge is 2.09. The summed E-state index contributed by atoms with van der Waals surface area (Å²) in [7, 11) is 0. The number of furan rings is 1. The van der Waals surface area contributed by atoms with Crippen LogP contribution in [0.4, 0.5) is 0 Å². The minimum atomic E-state index is 0.171. The monoisotopic (exact) mass is 325 g/mol. The van der Waals surface area contributed by atoms with Crippen molar-refractivity contribution < 1.29 is 9.15 Å². The minimum Gasteiger partial charge on any atom is -0.492 e. The van der Waals surface area contributed by atoms with Gasteiger partial charge in [0.25, 0.3) is 0 Å². The highest BCUT2D eigenvalue weighted by molar-refractivity contribution is 5.28. The van der Waals surface area contributed by atoms with Crippen LogP contribution in [0.15, 0.2) is 59.5 Å². The Morgan fingerprint density at radius 2 is 2.21 bits per heavy atom. The Morgan fingerprint density at radius 1 is 1.29 bits per heavy atom. The van der Waals surface area contributed by atoms with E-state index in [0.717, 1.165) is 30.4 Å². The zero-order valence-electron chi connectivity index (χ0n) is 14.1. The van der Waals surface area contributed by atoms with Gasteiger partial charge in [-0.2, -0.15) is 0 Å². The lowest BCUT2D eigenvalue weighted by Crippen LogP contribution is -2.17. The predicted octanol–water partition coefficient (Wildman–Crippen LogP) is 3.71. The van der Waals surface area contributed by atoms with Crippen LogP contribution in [0.1, 0.15) is 30.0 Å². The number of nitrogens with one attached hydrogen (secondary N) is 1. The summed E-state index contributed by atoms with van der Waals surface area (Å²) in [5.41, 5.74) is 1.19. The van der Waals surface area contributed by atoms with Gasteiger partial charge in [-0.3, -0.25) is 0 Å². The lowest BCUT2D eigenvalue weighted by atomic mass is 10.2. The van der Waals surface area contributed by atoms with Crippen molar-refractivity contribution in [2.24, 2.45) is 0 Å². The van der Waals surface area contributed by atoms with Crippen molar-refractivity contribution in [2.75, 3.05) is 6.61 Å². The molecule has 0 aliphatic heterocycles. The Kier molecular flexibility index (Phi) is 5.33. The third kappa shape index (κ3) is 4.49. The number of hydrogen-bond acceptors (Lipinski definition) is 4. The molecule has 0 fully saturated rings. The van der Waals surface area contributed by atoms with E-state index >= 15 is 0 Å². The van der Waals surface area contributed by atoms with Gasteiger partial charge in [0.2, 0.25) is 0 Å². The molecule has 0 aliphatic carbocycles. The molecular weight excluding hydrogens is 302 g/mol. The molecule has 5 heteroatoms. The molecule has 126 valence electrons. The normalized spacial score (nSPS) is 12.2. The average molecular weight is 325 g/mol. The van der Waals surface area contributed by atoms with Crippen LogP contribution in [0.5, 0.6) is 5.75 Å². The van der Waals surface area contributed by atoms with E-state index in [-0.39, 0.29) is 6.04 Å². The van der Waals surface area contributed by atoms with Crippen molar-refractivity contribution in [1.82, 2.24) is 14.9 Å². The standard InChI is InChI=1S/C19H23N3O2/c1-15-6-7-19(24-15)16(2)21-13-17-4-3-5-18(12-17)23-11-10-22-9-8-20-14-22/h3-9,12,14,16,21H,10-11,13H2,1-2H3. The SMILES string of the molecule is Cc1ccc(C(C)NCc2cccc(OCCn3ccnc3)c2)o1. The van der Waals surface area contributed by atoms with Gasteiger partial charge in [-0.25, -0.2) is 4.98 Å². The summed E-state index contributed by atoms with van der Waals surface area (Å²) in [5, 5.41) is 3.47. The van der Waals surface area contributed by atoms with Crippen molar-refractivity contribution in [1.29, 1.82) is 0 Å². The zero-order chi connectivity index (χ0) is 16.8. The second-order valence-corrected chi connectivity index (χ2v) is 5.85. The molecule has 0 spiro atoms. The van der Waals surface area contributed by atoms with E-state index in [2.05, 4.69) is 29.4 Å². The number of aryl methyl sites for hydroxylation is 1. The lowest BCUT2D eigenvalue weighted by Gasteiger charge is -2.13. The first-order valence-electron chi connectivity index (χ1n) is 8.18. The van der Waals surface area contributed by atoms with E-state index < -0.39 is 0 Å². The van der Waals surface area contributed by atoms with Crippen molar-refractivity contribution in [3.63, 3.8) is 0 Å². The lowest BCUT2D eigenvalue weighted by molar-refractivity contribution is 0.298. The van der Waals surface area contributed by atoms with Crippen LogP contribution < -0.4 is 10.1 Å². The van der Waals surface area contributed by atoms with Gasteiger partial charge in [-0.15, -0.1) is 0 Å². The van der Waals surface area contributed by atoms with Crippen LogP contribution in [-0.2, 0) is 13.1 Å². The molecule has 1 unspecified atom stereocenters. The van der Waals surface area contributed by atoms with E-state index in [1.807, 2.05) is 42.0 Å². The van der Waals surface area contributed by atoms with Gasteiger partial charge < -0.3 is 19.0 Å². The Balaban J connectivity index is 1.49. The smallest absolute Gasteiger partial charge is 0.120 e. The second-order valence-electron chi connectivity index (χ2n) is 5.85. The first-order valence-corrected chi connectivity index (χ1v) is 8.18. The molecule has 2 aromatic heterocycles. The minimum absolute atomic E-state index is 0.171.